The maximum Gasteiger partial charge on any atom is 0.417 e. The molecule has 16 heteroatoms. The van der Waals surface area contributed by atoms with Crippen LogP contribution in [0.2, 0.25) is 0 Å². The molecule has 262 valence electrons. The monoisotopic (exact) mass is 706 g/mol. The summed E-state index contributed by atoms with van der Waals surface area (Å²) in [5, 5.41) is 13.7. The van der Waals surface area contributed by atoms with Gasteiger partial charge in [-0.2, -0.15) is 26.3 Å². The first-order chi connectivity index (χ1) is 23.4. The number of anilines is 1. The lowest BCUT2D eigenvalue weighted by molar-refractivity contribution is -0.143. The Balaban J connectivity index is 1.53. The maximum absolute atomic E-state index is 14.9. The molecule has 0 saturated heterocycles. The van der Waals surface area contributed by atoms with Crippen LogP contribution in [0.25, 0.3) is 32.9 Å². The summed E-state index contributed by atoms with van der Waals surface area (Å²) in [6.45, 7) is 1.20. The summed E-state index contributed by atoms with van der Waals surface area (Å²) in [6, 6.07) is 7.65. The maximum atomic E-state index is 14.9. The second-order valence-corrected chi connectivity index (χ2v) is 11.3. The number of pyridine rings is 2. The van der Waals surface area contributed by atoms with E-state index < -0.39 is 88.7 Å². The zero-order valence-electron chi connectivity index (χ0n) is 26.0. The van der Waals surface area contributed by atoms with Crippen LogP contribution >= 0.6 is 0 Å². The number of alkyl halides is 6. The standard InChI is InChI=1S/C34H26F8N4O4/c1-3-25(33(37,38)39)44-17-14-21(35)27(22(36)15-17)30(47)45-23(32(49)50)13-16-10-11-20(29-18(16)8-6-12-43-29)26-28(34(40,41)42)19-7-4-5-9-24(19)46(2)31(26)48/h4-12,14-15,23,25,44H,3,13H2,1-2H3,(H,45,47)(H,49,50)/t23-,25+/m0/s1. The Hall–Kier alpha value is -5.54. The van der Waals surface area contributed by atoms with Gasteiger partial charge in [0.25, 0.3) is 11.5 Å². The topological polar surface area (TPSA) is 113 Å². The molecule has 5 aromatic rings. The fourth-order valence-corrected chi connectivity index (χ4v) is 5.79. The van der Waals surface area contributed by atoms with E-state index in [9.17, 15) is 54.6 Å². The Morgan fingerprint density at radius 2 is 1.58 bits per heavy atom. The molecule has 2 atom stereocenters. The lowest BCUT2D eigenvalue weighted by atomic mass is 9.91. The minimum atomic E-state index is -4.98. The molecule has 0 saturated carbocycles. The first-order valence-corrected chi connectivity index (χ1v) is 14.9. The fraction of sp³-hybridized carbons (Fsp3) is 0.235. The highest BCUT2D eigenvalue weighted by atomic mass is 19.4. The molecule has 0 aliphatic rings. The van der Waals surface area contributed by atoms with E-state index in [4.69, 9.17) is 0 Å². The van der Waals surface area contributed by atoms with Crippen molar-refractivity contribution < 1.29 is 49.8 Å². The van der Waals surface area contributed by atoms with Crippen molar-refractivity contribution in [1.82, 2.24) is 14.9 Å². The van der Waals surface area contributed by atoms with Crippen molar-refractivity contribution in [1.29, 1.82) is 0 Å². The van der Waals surface area contributed by atoms with Crippen LogP contribution in [0.1, 0.15) is 34.8 Å². The summed E-state index contributed by atoms with van der Waals surface area (Å²) in [4.78, 5) is 42.9. The molecule has 0 fully saturated rings. The van der Waals surface area contributed by atoms with Crippen molar-refractivity contribution in [2.75, 3.05) is 5.32 Å². The molecule has 50 heavy (non-hydrogen) atoms. The van der Waals surface area contributed by atoms with Gasteiger partial charge in [-0.3, -0.25) is 14.6 Å². The van der Waals surface area contributed by atoms with E-state index >= 15 is 0 Å². The molecule has 3 N–H and O–H groups in total. The van der Waals surface area contributed by atoms with Gasteiger partial charge in [-0.1, -0.05) is 43.3 Å². The lowest BCUT2D eigenvalue weighted by Gasteiger charge is -2.22. The number of carboxylic acids is 1. The molecule has 0 aliphatic carbocycles. The number of carbonyl (C=O) groups excluding carboxylic acids is 1. The van der Waals surface area contributed by atoms with Gasteiger partial charge < -0.3 is 20.3 Å². The number of nitrogens with one attached hydrogen (secondary N) is 2. The van der Waals surface area contributed by atoms with Gasteiger partial charge in [-0.05, 0) is 36.2 Å². The van der Waals surface area contributed by atoms with Crippen molar-refractivity contribution in [3.05, 3.63) is 106 Å². The van der Waals surface area contributed by atoms with Gasteiger partial charge in [0, 0.05) is 41.7 Å². The lowest BCUT2D eigenvalue weighted by Crippen LogP contribution is -2.43. The van der Waals surface area contributed by atoms with E-state index in [0.29, 0.717) is 12.1 Å². The normalized spacial score (nSPS) is 13.3. The third-order valence-electron chi connectivity index (χ3n) is 8.16. The number of carboxylic acid groups (broad SMARTS) is 1. The summed E-state index contributed by atoms with van der Waals surface area (Å²) >= 11 is 0. The molecule has 2 aromatic heterocycles. The van der Waals surface area contributed by atoms with Crippen LogP contribution in [0.15, 0.2) is 71.7 Å². The SMILES string of the molecule is CC[C@@H](Nc1cc(F)c(C(=O)N[C@@H](Cc2ccc(-c3c(C(F)(F)F)c4ccccc4n(C)c3=O)c3ncccc23)C(=O)O)c(F)c1)C(F)(F)F. The molecule has 0 spiro atoms. The van der Waals surface area contributed by atoms with E-state index in [-0.39, 0.29) is 32.9 Å². The number of rotatable bonds is 9. The van der Waals surface area contributed by atoms with Crippen LogP contribution < -0.4 is 16.2 Å². The molecule has 0 aliphatic heterocycles. The molecule has 0 unspecified atom stereocenters. The van der Waals surface area contributed by atoms with E-state index in [1.54, 1.807) is 0 Å². The predicted molar refractivity (Wildman–Crippen MR) is 168 cm³/mol. The van der Waals surface area contributed by atoms with Crippen LogP contribution in [-0.4, -0.2) is 44.8 Å². The van der Waals surface area contributed by atoms with Gasteiger partial charge in [-0.15, -0.1) is 0 Å². The largest absolute Gasteiger partial charge is 0.480 e. The average molecular weight is 707 g/mol. The highest BCUT2D eigenvalue weighted by Gasteiger charge is 2.40. The number of carbonyl (C=O) groups is 2. The van der Waals surface area contributed by atoms with Gasteiger partial charge in [0.2, 0.25) is 0 Å². The molecule has 0 radical (unpaired) electrons. The number of hydrogen-bond donors (Lipinski definition) is 3. The number of nitrogens with zero attached hydrogens (tertiary/aromatic N) is 2. The number of hydrogen-bond acceptors (Lipinski definition) is 5. The minimum Gasteiger partial charge on any atom is -0.480 e. The second-order valence-electron chi connectivity index (χ2n) is 11.3. The van der Waals surface area contributed by atoms with Gasteiger partial charge in [0.1, 0.15) is 29.3 Å². The number of fused-ring (bicyclic) bond motifs is 2. The minimum absolute atomic E-state index is 0.0349. The molecular formula is C34H26F8N4O4. The Morgan fingerprint density at radius 3 is 2.18 bits per heavy atom. The summed E-state index contributed by atoms with van der Waals surface area (Å²) in [7, 11) is 1.32. The van der Waals surface area contributed by atoms with E-state index in [0.717, 1.165) is 4.57 Å². The van der Waals surface area contributed by atoms with Crippen LogP contribution in [-0.2, 0) is 24.4 Å². The molecule has 0 bridgehead atoms. The Labute approximate surface area is 277 Å². The van der Waals surface area contributed by atoms with Gasteiger partial charge in [-0.25, -0.2) is 13.6 Å². The number of halogens is 8. The second kappa shape index (κ2) is 13.4. The summed E-state index contributed by atoms with van der Waals surface area (Å²) in [5.74, 6) is -6.32. The van der Waals surface area contributed by atoms with Crippen LogP contribution in [0.5, 0.6) is 0 Å². The average Bonchev–Trinajstić information content (AvgIpc) is 3.03. The number of aromatic nitrogens is 2. The van der Waals surface area contributed by atoms with Crippen LogP contribution in [0.3, 0.4) is 0 Å². The Kier molecular flexibility index (Phi) is 9.59. The molecule has 8 nitrogen and oxygen atoms in total. The predicted octanol–water partition coefficient (Wildman–Crippen LogP) is 7.23. The zero-order chi connectivity index (χ0) is 36.7. The number of amides is 1. The number of benzene rings is 3. The number of aryl methyl sites for hydroxylation is 1. The molecule has 1 amide bonds. The first-order valence-electron chi connectivity index (χ1n) is 14.9. The van der Waals surface area contributed by atoms with Gasteiger partial charge in [0.15, 0.2) is 0 Å². The fourth-order valence-electron chi connectivity index (χ4n) is 5.79. The number of para-hydroxylation sites is 1. The van der Waals surface area contributed by atoms with E-state index in [2.05, 4.69) is 4.98 Å². The van der Waals surface area contributed by atoms with Crippen molar-refractivity contribution in [3.8, 4) is 11.1 Å². The van der Waals surface area contributed by atoms with Crippen LogP contribution in [0, 0.1) is 11.6 Å². The molecule has 3 aromatic carbocycles. The van der Waals surface area contributed by atoms with Crippen molar-refractivity contribution in [3.63, 3.8) is 0 Å². The third kappa shape index (κ3) is 6.82. The highest BCUT2D eigenvalue weighted by Crippen LogP contribution is 2.42. The Bertz CT molecular complexity index is 2170. The van der Waals surface area contributed by atoms with Crippen molar-refractivity contribution in [2.45, 2.75) is 44.2 Å². The van der Waals surface area contributed by atoms with Gasteiger partial charge >= 0.3 is 18.3 Å². The van der Waals surface area contributed by atoms with Crippen LogP contribution in [0.4, 0.5) is 40.8 Å². The summed E-state index contributed by atoms with van der Waals surface area (Å²) in [6.07, 6.45) is -9.49. The molecule has 2 heterocycles. The summed E-state index contributed by atoms with van der Waals surface area (Å²) in [5.41, 5.74) is -4.85. The molecule has 5 rings (SSSR count). The van der Waals surface area contributed by atoms with Crippen molar-refractivity contribution >= 4 is 39.4 Å². The van der Waals surface area contributed by atoms with Gasteiger partial charge in [0.05, 0.1) is 22.2 Å². The van der Waals surface area contributed by atoms with Crippen molar-refractivity contribution in [2.24, 2.45) is 7.05 Å². The zero-order valence-corrected chi connectivity index (χ0v) is 26.0. The number of aliphatic carboxylic acids is 1. The van der Waals surface area contributed by atoms with E-state index in [1.807, 2.05) is 10.6 Å². The third-order valence-corrected chi connectivity index (χ3v) is 8.16. The smallest absolute Gasteiger partial charge is 0.417 e. The highest BCUT2D eigenvalue weighted by molar-refractivity contribution is 6.00. The quantitative estimate of drug-likeness (QED) is 0.140. The Morgan fingerprint density at radius 1 is 0.940 bits per heavy atom. The first kappa shape index (κ1) is 35.8. The molecular weight excluding hydrogens is 680 g/mol. The van der Waals surface area contributed by atoms with E-state index in [1.165, 1.54) is 68.7 Å². The summed E-state index contributed by atoms with van der Waals surface area (Å²) < 4.78 is 114.